The third kappa shape index (κ3) is 0.774. The zero-order chi connectivity index (χ0) is 8.18. The number of fused-ring (bicyclic) bond motifs is 1. The predicted octanol–water partition coefficient (Wildman–Crippen LogP) is 0.649. The highest BCUT2D eigenvalue weighted by molar-refractivity contribution is 5.86. The standard InChI is InChI=1S/C9H13NO2/c11-8-9(12-5-10-8)2-1-6-3-7(6)4-9/h6-7H,1-5H2,(H,10,11). The molecule has 3 heteroatoms. The molecule has 3 unspecified atom stereocenters. The molecule has 2 saturated carbocycles. The summed E-state index contributed by atoms with van der Waals surface area (Å²) in [5, 5.41) is 2.76. The molecule has 1 amide bonds. The molecule has 3 atom stereocenters. The Kier molecular flexibility index (Phi) is 1.16. The average Bonchev–Trinajstić information content (AvgIpc) is 2.73. The largest absolute Gasteiger partial charge is 0.345 e. The van der Waals surface area contributed by atoms with E-state index in [0.717, 1.165) is 24.7 Å². The van der Waals surface area contributed by atoms with Crippen LogP contribution in [0.15, 0.2) is 0 Å². The molecule has 12 heavy (non-hydrogen) atoms. The van der Waals surface area contributed by atoms with Gasteiger partial charge in [-0.2, -0.15) is 0 Å². The van der Waals surface area contributed by atoms with E-state index in [0.29, 0.717) is 6.73 Å². The molecule has 3 rings (SSSR count). The van der Waals surface area contributed by atoms with Gasteiger partial charge in [0.1, 0.15) is 12.3 Å². The van der Waals surface area contributed by atoms with Gasteiger partial charge in [0.15, 0.2) is 0 Å². The molecule has 0 radical (unpaired) electrons. The maximum absolute atomic E-state index is 11.5. The first-order valence-electron chi connectivity index (χ1n) is 4.72. The Morgan fingerprint density at radius 1 is 1.50 bits per heavy atom. The Bertz CT molecular complexity index is 241. The Hall–Kier alpha value is -0.570. The van der Waals surface area contributed by atoms with Crippen molar-refractivity contribution in [3.8, 4) is 0 Å². The number of hydrogen-bond donors (Lipinski definition) is 1. The van der Waals surface area contributed by atoms with Crippen LogP contribution >= 0.6 is 0 Å². The van der Waals surface area contributed by atoms with Crippen LogP contribution in [0.4, 0.5) is 0 Å². The number of carbonyl (C=O) groups is 1. The van der Waals surface area contributed by atoms with Crippen LogP contribution in [0.3, 0.4) is 0 Å². The van der Waals surface area contributed by atoms with Gasteiger partial charge in [-0.05, 0) is 37.5 Å². The summed E-state index contributed by atoms with van der Waals surface area (Å²) in [5.41, 5.74) is -0.405. The molecule has 3 aliphatic rings. The fourth-order valence-corrected chi connectivity index (χ4v) is 2.66. The molecule has 1 spiro atoms. The van der Waals surface area contributed by atoms with Crippen LogP contribution in [0.5, 0.6) is 0 Å². The van der Waals surface area contributed by atoms with Crippen LogP contribution in [0, 0.1) is 11.8 Å². The first kappa shape index (κ1) is 6.89. The fraction of sp³-hybridized carbons (Fsp3) is 0.889. The molecule has 2 aliphatic carbocycles. The average molecular weight is 167 g/mol. The van der Waals surface area contributed by atoms with Crippen LogP contribution in [0.1, 0.15) is 25.7 Å². The third-order valence-corrected chi connectivity index (χ3v) is 3.57. The van der Waals surface area contributed by atoms with Crippen LogP contribution in [0.25, 0.3) is 0 Å². The number of hydrogen-bond acceptors (Lipinski definition) is 2. The lowest BCUT2D eigenvalue weighted by Gasteiger charge is -2.28. The SMILES string of the molecule is O=C1NCOC12CCC1CC1C2. The van der Waals surface area contributed by atoms with Gasteiger partial charge in [0.2, 0.25) is 0 Å². The van der Waals surface area contributed by atoms with Crippen molar-refractivity contribution < 1.29 is 9.53 Å². The van der Waals surface area contributed by atoms with Gasteiger partial charge in [0, 0.05) is 0 Å². The molecule has 0 aromatic carbocycles. The smallest absolute Gasteiger partial charge is 0.254 e. The predicted molar refractivity (Wildman–Crippen MR) is 42.3 cm³/mol. The molecule has 3 fully saturated rings. The van der Waals surface area contributed by atoms with Crippen molar-refractivity contribution in [1.29, 1.82) is 0 Å². The summed E-state index contributed by atoms with van der Waals surface area (Å²) >= 11 is 0. The quantitative estimate of drug-likeness (QED) is 0.575. The van der Waals surface area contributed by atoms with Crippen molar-refractivity contribution in [2.75, 3.05) is 6.73 Å². The van der Waals surface area contributed by atoms with Crippen molar-refractivity contribution in [3.63, 3.8) is 0 Å². The highest BCUT2D eigenvalue weighted by atomic mass is 16.5. The highest BCUT2D eigenvalue weighted by Crippen LogP contribution is 2.54. The lowest BCUT2D eigenvalue weighted by atomic mass is 9.84. The highest BCUT2D eigenvalue weighted by Gasteiger charge is 2.54. The lowest BCUT2D eigenvalue weighted by Crippen LogP contribution is -2.41. The molecular formula is C9H13NO2. The summed E-state index contributed by atoms with van der Waals surface area (Å²) in [6.45, 7) is 0.427. The number of nitrogens with one attached hydrogen (secondary N) is 1. The second-order valence-corrected chi connectivity index (χ2v) is 4.29. The Morgan fingerprint density at radius 3 is 3.08 bits per heavy atom. The molecule has 0 aromatic heterocycles. The van der Waals surface area contributed by atoms with Crippen LogP contribution < -0.4 is 5.32 Å². The van der Waals surface area contributed by atoms with Gasteiger partial charge in [0.25, 0.3) is 5.91 Å². The monoisotopic (exact) mass is 167 g/mol. The maximum atomic E-state index is 11.5. The summed E-state index contributed by atoms with van der Waals surface area (Å²) in [7, 11) is 0. The summed E-state index contributed by atoms with van der Waals surface area (Å²) in [5.74, 6) is 1.85. The van der Waals surface area contributed by atoms with Gasteiger partial charge in [0.05, 0.1) is 0 Å². The van der Waals surface area contributed by atoms with Crippen LogP contribution in [-0.2, 0) is 9.53 Å². The summed E-state index contributed by atoms with van der Waals surface area (Å²) in [6, 6.07) is 0. The van der Waals surface area contributed by atoms with E-state index in [1.165, 1.54) is 12.8 Å². The lowest BCUT2D eigenvalue weighted by molar-refractivity contribution is -0.135. The topological polar surface area (TPSA) is 38.3 Å². The summed E-state index contributed by atoms with van der Waals surface area (Å²) in [6.07, 6.45) is 4.44. The summed E-state index contributed by atoms with van der Waals surface area (Å²) in [4.78, 5) is 11.5. The first-order chi connectivity index (χ1) is 5.80. The minimum absolute atomic E-state index is 0.132. The van der Waals surface area contributed by atoms with Gasteiger partial charge in [-0.3, -0.25) is 4.79 Å². The van der Waals surface area contributed by atoms with Gasteiger partial charge >= 0.3 is 0 Å². The molecule has 3 nitrogen and oxygen atoms in total. The van der Waals surface area contributed by atoms with Crippen LogP contribution in [0.2, 0.25) is 0 Å². The molecular weight excluding hydrogens is 154 g/mol. The molecule has 0 bridgehead atoms. The number of amides is 1. The number of ether oxygens (including phenoxy) is 1. The van der Waals surface area contributed by atoms with Crippen LogP contribution in [-0.4, -0.2) is 18.2 Å². The molecule has 1 heterocycles. The van der Waals surface area contributed by atoms with Gasteiger partial charge < -0.3 is 10.1 Å². The molecule has 66 valence electrons. The Labute approximate surface area is 71.5 Å². The molecule has 0 aromatic rings. The van der Waals surface area contributed by atoms with Gasteiger partial charge in [-0.15, -0.1) is 0 Å². The first-order valence-corrected chi connectivity index (χ1v) is 4.72. The second kappa shape index (κ2) is 2.02. The van der Waals surface area contributed by atoms with Gasteiger partial charge in [-0.25, -0.2) is 0 Å². The molecule has 1 N–H and O–H groups in total. The number of carbonyl (C=O) groups excluding carboxylic acids is 1. The maximum Gasteiger partial charge on any atom is 0.254 e. The Morgan fingerprint density at radius 2 is 2.42 bits per heavy atom. The van der Waals surface area contributed by atoms with E-state index < -0.39 is 5.60 Å². The zero-order valence-corrected chi connectivity index (χ0v) is 7.01. The normalized spacial score (nSPS) is 50.5. The summed E-state index contributed by atoms with van der Waals surface area (Å²) < 4.78 is 5.53. The van der Waals surface area contributed by atoms with E-state index in [1.807, 2.05) is 0 Å². The van der Waals surface area contributed by atoms with Crippen molar-refractivity contribution in [2.24, 2.45) is 11.8 Å². The van der Waals surface area contributed by atoms with E-state index >= 15 is 0 Å². The third-order valence-electron chi connectivity index (χ3n) is 3.57. The van der Waals surface area contributed by atoms with Crippen molar-refractivity contribution in [3.05, 3.63) is 0 Å². The van der Waals surface area contributed by atoms with E-state index in [1.54, 1.807) is 0 Å². The molecule has 1 aliphatic heterocycles. The fourth-order valence-electron chi connectivity index (χ4n) is 2.66. The van der Waals surface area contributed by atoms with Crippen molar-refractivity contribution >= 4 is 5.91 Å². The van der Waals surface area contributed by atoms with E-state index in [2.05, 4.69) is 5.32 Å². The van der Waals surface area contributed by atoms with Crippen molar-refractivity contribution in [2.45, 2.75) is 31.3 Å². The Balaban J connectivity index is 1.84. The minimum atomic E-state index is -0.405. The van der Waals surface area contributed by atoms with Crippen molar-refractivity contribution in [1.82, 2.24) is 5.32 Å². The second-order valence-electron chi connectivity index (χ2n) is 4.29. The number of rotatable bonds is 0. The van der Waals surface area contributed by atoms with Gasteiger partial charge in [-0.1, -0.05) is 0 Å². The van der Waals surface area contributed by atoms with E-state index in [9.17, 15) is 4.79 Å². The molecule has 1 saturated heterocycles. The minimum Gasteiger partial charge on any atom is -0.345 e. The van der Waals surface area contributed by atoms with E-state index in [4.69, 9.17) is 4.74 Å². The van der Waals surface area contributed by atoms with E-state index in [-0.39, 0.29) is 5.91 Å². The zero-order valence-electron chi connectivity index (χ0n) is 7.01.